The fourth-order valence-electron chi connectivity index (χ4n) is 2.38. The van der Waals surface area contributed by atoms with Gasteiger partial charge in [-0.1, -0.05) is 0 Å². The molecule has 0 aliphatic carbocycles. The molecule has 2 rings (SSSR count). The number of rotatable bonds is 0. The van der Waals surface area contributed by atoms with E-state index in [0.717, 1.165) is 12.1 Å². The molecule has 2 heterocycles. The molecule has 11 heavy (non-hydrogen) atoms. The minimum absolute atomic E-state index is 0.377. The van der Waals surface area contributed by atoms with E-state index in [9.17, 15) is 0 Å². The first-order valence-corrected chi connectivity index (χ1v) is 4.57. The average Bonchev–Trinajstić information content (AvgIpc) is 2.42. The molecule has 2 heteroatoms. The van der Waals surface area contributed by atoms with Crippen LogP contribution in [0.3, 0.4) is 0 Å². The number of likely N-dealkylation sites (tertiary alicyclic amines) is 1. The molecule has 2 fully saturated rings. The van der Waals surface area contributed by atoms with Gasteiger partial charge in [-0.3, -0.25) is 4.90 Å². The minimum Gasteiger partial charge on any atom is -0.311 e. The third kappa shape index (κ3) is 1.18. The van der Waals surface area contributed by atoms with Crippen molar-refractivity contribution in [3.8, 4) is 0 Å². The first-order valence-electron chi connectivity index (χ1n) is 4.57. The van der Waals surface area contributed by atoms with Gasteiger partial charge in [0.1, 0.15) is 0 Å². The fourth-order valence-corrected chi connectivity index (χ4v) is 2.38. The predicted octanol–water partition coefficient (Wildman–Crippen LogP) is 0.831. The monoisotopic (exact) mass is 154 g/mol. The van der Waals surface area contributed by atoms with Crippen LogP contribution in [0.25, 0.3) is 0 Å². The molecule has 0 amide bonds. The molecule has 2 aliphatic heterocycles. The summed E-state index contributed by atoms with van der Waals surface area (Å²) in [6.45, 7) is 9.41. The minimum atomic E-state index is 0.377. The Labute approximate surface area is 69.0 Å². The van der Waals surface area contributed by atoms with E-state index < -0.39 is 0 Å². The maximum absolute atomic E-state index is 3.52. The summed E-state index contributed by atoms with van der Waals surface area (Å²) in [6.07, 6.45) is 1.37. The topological polar surface area (TPSA) is 15.3 Å². The van der Waals surface area contributed by atoms with Crippen molar-refractivity contribution in [1.29, 1.82) is 0 Å². The highest BCUT2D eigenvalue weighted by Crippen LogP contribution is 2.29. The summed E-state index contributed by atoms with van der Waals surface area (Å²) in [4.78, 5) is 2.63. The zero-order chi connectivity index (χ0) is 8.06. The maximum atomic E-state index is 3.52. The van der Waals surface area contributed by atoms with E-state index in [0.29, 0.717) is 5.54 Å². The van der Waals surface area contributed by atoms with Crippen molar-refractivity contribution in [3.05, 3.63) is 0 Å². The van der Waals surface area contributed by atoms with Crippen molar-refractivity contribution in [2.45, 2.75) is 44.8 Å². The summed E-state index contributed by atoms with van der Waals surface area (Å²) in [7, 11) is 0. The number of hydrogen-bond donors (Lipinski definition) is 1. The molecule has 0 saturated carbocycles. The van der Waals surface area contributed by atoms with Crippen molar-refractivity contribution < 1.29 is 0 Å². The summed E-state index contributed by atoms with van der Waals surface area (Å²) >= 11 is 0. The zero-order valence-corrected chi connectivity index (χ0v) is 7.72. The molecule has 0 aromatic carbocycles. The Bertz CT molecular complexity index is 159. The number of hydrogen-bond acceptors (Lipinski definition) is 2. The summed E-state index contributed by atoms with van der Waals surface area (Å²) in [5.41, 5.74) is 0.377. The molecule has 64 valence electrons. The number of fused-ring (bicyclic) bond motifs is 2. The lowest BCUT2D eigenvalue weighted by atomic mass is 10.0. The quantitative estimate of drug-likeness (QED) is 0.556. The van der Waals surface area contributed by atoms with Crippen molar-refractivity contribution in [2.75, 3.05) is 13.1 Å². The molecule has 0 radical (unpaired) electrons. The Kier molecular flexibility index (Phi) is 1.52. The Hall–Kier alpha value is -0.0800. The molecule has 0 aromatic rings. The van der Waals surface area contributed by atoms with Gasteiger partial charge in [0.2, 0.25) is 0 Å². The highest BCUT2D eigenvalue weighted by Gasteiger charge is 2.41. The van der Waals surface area contributed by atoms with Crippen LogP contribution in [-0.4, -0.2) is 35.6 Å². The normalized spacial score (nSPS) is 38.5. The molecule has 0 aromatic heterocycles. The van der Waals surface area contributed by atoms with Gasteiger partial charge >= 0.3 is 0 Å². The van der Waals surface area contributed by atoms with Crippen LogP contribution < -0.4 is 5.32 Å². The van der Waals surface area contributed by atoms with Crippen molar-refractivity contribution in [1.82, 2.24) is 10.2 Å². The highest BCUT2D eigenvalue weighted by molar-refractivity contribution is 5.01. The largest absolute Gasteiger partial charge is 0.311 e. The molecule has 0 spiro atoms. The van der Waals surface area contributed by atoms with Gasteiger partial charge in [-0.05, 0) is 27.2 Å². The Balaban J connectivity index is 2.08. The van der Waals surface area contributed by atoms with Gasteiger partial charge in [-0.15, -0.1) is 0 Å². The Morgan fingerprint density at radius 2 is 2.09 bits per heavy atom. The predicted molar refractivity (Wildman–Crippen MR) is 46.7 cm³/mol. The highest BCUT2D eigenvalue weighted by atomic mass is 15.3. The van der Waals surface area contributed by atoms with Gasteiger partial charge in [0.15, 0.2) is 0 Å². The van der Waals surface area contributed by atoms with E-state index in [1.807, 2.05) is 0 Å². The van der Waals surface area contributed by atoms with Crippen LogP contribution in [0.1, 0.15) is 27.2 Å². The second kappa shape index (κ2) is 2.20. The lowest BCUT2D eigenvalue weighted by Gasteiger charge is -2.38. The first kappa shape index (κ1) is 7.56. The molecule has 2 nitrogen and oxygen atoms in total. The smallest absolute Gasteiger partial charge is 0.0241 e. The SMILES string of the molecule is CC(C)(C)N1CC2C[C@@H]1CN2. The summed E-state index contributed by atoms with van der Waals surface area (Å²) in [6, 6.07) is 1.61. The van der Waals surface area contributed by atoms with Crippen molar-refractivity contribution in [2.24, 2.45) is 0 Å². The molecule has 2 aliphatic rings. The van der Waals surface area contributed by atoms with E-state index >= 15 is 0 Å². The van der Waals surface area contributed by atoms with E-state index in [4.69, 9.17) is 0 Å². The third-order valence-electron chi connectivity index (χ3n) is 2.92. The Morgan fingerprint density at radius 3 is 2.36 bits per heavy atom. The molecule has 2 atom stereocenters. The summed E-state index contributed by atoms with van der Waals surface area (Å²) in [5, 5.41) is 3.52. The second-order valence-electron chi connectivity index (χ2n) is 4.82. The van der Waals surface area contributed by atoms with Crippen LogP contribution >= 0.6 is 0 Å². The van der Waals surface area contributed by atoms with E-state index in [1.54, 1.807) is 0 Å². The molecule has 1 unspecified atom stereocenters. The molecule has 2 saturated heterocycles. The van der Waals surface area contributed by atoms with Crippen LogP contribution in [0.4, 0.5) is 0 Å². The maximum Gasteiger partial charge on any atom is 0.0241 e. The van der Waals surface area contributed by atoms with Crippen LogP contribution in [0.2, 0.25) is 0 Å². The standard InChI is InChI=1S/C9H18N2/c1-9(2,3)11-6-7-4-8(11)5-10-7/h7-8,10H,4-6H2,1-3H3/t7?,8-/m1/s1. The number of nitrogens with zero attached hydrogens (tertiary/aromatic N) is 1. The molecular formula is C9H18N2. The Morgan fingerprint density at radius 1 is 1.36 bits per heavy atom. The molecule has 2 bridgehead atoms. The first-order chi connectivity index (χ1) is 5.07. The number of piperazine rings is 1. The van der Waals surface area contributed by atoms with Gasteiger partial charge in [-0.25, -0.2) is 0 Å². The van der Waals surface area contributed by atoms with E-state index in [-0.39, 0.29) is 0 Å². The zero-order valence-electron chi connectivity index (χ0n) is 7.72. The lowest BCUT2D eigenvalue weighted by Crippen LogP contribution is -2.52. The lowest BCUT2D eigenvalue weighted by molar-refractivity contribution is 0.106. The van der Waals surface area contributed by atoms with E-state index in [2.05, 4.69) is 31.0 Å². The van der Waals surface area contributed by atoms with Gasteiger partial charge in [0, 0.05) is 30.7 Å². The van der Waals surface area contributed by atoms with Crippen LogP contribution in [-0.2, 0) is 0 Å². The molecule has 1 N–H and O–H groups in total. The third-order valence-corrected chi connectivity index (χ3v) is 2.92. The summed E-state index contributed by atoms with van der Waals surface area (Å²) in [5.74, 6) is 0. The number of nitrogens with one attached hydrogen (secondary N) is 1. The average molecular weight is 154 g/mol. The van der Waals surface area contributed by atoms with Crippen LogP contribution in [0, 0.1) is 0 Å². The second-order valence-corrected chi connectivity index (χ2v) is 4.82. The van der Waals surface area contributed by atoms with E-state index in [1.165, 1.54) is 19.5 Å². The molecular weight excluding hydrogens is 136 g/mol. The van der Waals surface area contributed by atoms with Gasteiger partial charge in [0.25, 0.3) is 0 Å². The summed E-state index contributed by atoms with van der Waals surface area (Å²) < 4.78 is 0. The van der Waals surface area contributed by atoms with Crippen molar-refractivity contribution in [3.63, 3.8) is 0 Å². The fraction of sp³-hybridized carbons (Fsp3) is 1.00. The van der Waals surface area contributed by atoms with Gasteiger partial charge in [-0.2, -0.15) is 0 Å². The van der Waals surface area contributed by atoms with Crippen LogP contribution in [0.15, 0.2) is 0 Å². The van der Waals surface area contributed by atoms with Crippen LogP contribution in [0.5, 0.6) is 0 Å². The van der Waals surface area contributed by atoms with Gasteiger partial charge < -0.3 is 5.32 Å². The van der Waals surface area contributed by atoms with Crippen molar-refractivity contribution >= 4 is 0 Å². The van der Waals surface area contributed by atoms with Gasteiger partial charge in [0.05, 0.1) is 0 Å².